The molecular weight excluding hydrogens is 444 g/mol. The number of aliphatic carboxylic acids is 1. The summed E-state index contributed by atoms with van der Waals surface area (Å²) in [5, 5.41) is 12.4. The van der Waals surface area contributed by atoms with Gasteiger partial charge in [0.05, 0.1) is 11.8 Å². The van der Waals surface area contributed by atoms with Crippen molar-refractivity contribution in [1.82, 2.24) is 10.2 Å². The Labute approximate surface area is 205 Å². The van der Waals surface area contributed by atoms with Gasteiger partial charge in [0.2, 0.25) is 5.91 Å². The predicted octanol–water partition coefficient (Wildman–Crippen LogP) is 4.41. The number of carboxylic acid groups (broad SMARTS) is 1. The number of carboxylic acids is 1. The molecule has 2 amide bonds. The highest BCUT2D eigenvalue weighted by atomic mass is 16.5. The standard InChI is InChI=1S/C28H32N2O5/c1-17-18(27(32)33)13-7-15-30(17)26(31)23-12-6-14-25(23)29-28(34)35-16-24-21-10-4-2-8-19(21)20-9-3-5-11-22(20)24/h2-5,8-11,17-18,23-25H,6-7,12-16H2,1H3,(H,29,34)(H,32,33)/t17?,18?,23-,25+/m0/s1. The van der Waals surface area contributed by atoms with Crippen LogP contribution >= 0.6 is 0 Å². The van der Waals surface area contributed by atoms with Crippen molar-refractivity contribution in [2.24, 2.45) is 11.8 Å². The molecule has 0 aromatic heterocycles. The molecule has 3 aliphatic rings. The minimum Gasteiger partial charge on any atom is -0.481 e. The molecule has 2 aromatic rings. The lowest BCUT2D eigenvalue weighted by Gasteiger charge is -2.39. The molecule has 2 N–H and O–H groups in total. The Balaban J connectivity index is 1.22. The summed E-state index contributed by atoms with van der Waals surface area (Å²) in [6, 6.07) is 15.8. The summed E-state index contributed by atoms with van der Waals surface area (Å²) < 4.78 is 5.69. The van der Waals surface area contributed by atoms with Crippen molar-refractivity contribution in [2.45, 2.75) is 57.0 Å². The van der Waals surface area contributed by atoms with Gasteiger partial charge in [0.15, 0.2) is 0 Å². The van der Waals surface area contributed by atoms with E-state index < -0.39 is 18.0 Å². The van der Waals surface area contributed by atoms with Gasteiger partial charge in [0.1, 0.15) is 6.61 Å². The van der Waals surface area contributed by atoms with Gasteiger partial charge in [-0.3, -0.25) is 9.59 Å². The summed E-state index contributed by atoms with van der Waals surface area (Å²) in [7, 11) is 0. The maximum absolute atomic E-state index is 13.4. The van der Waals surface area contributed by atoms with Crippen LogP contribution in [0.1, 0.15) is 56.1 Å². The molecule has 1 aliphatic heterocycles. The van der Waals surface area contributed by atoms with Gasteiger partial charge in [-0.05, 0) is 54.9 Å². The number of alkyl carbamates (subject to hydrolysis) is 1. The van der Waals surface area contributed by atoms with E-state index in [2.05, 4.69) is 29.6 Å². The average Bonchev–Trinajstić information content (AvgIpc) is 3.44. The number of likely N-dealkylation sites (tertiary alicyclic amines) is 1. The van der Waals surface area contributed by atoms with Crippen LogP contribution in [-0.4, -0.2) is 53.2 Å². The van der Waals surface area contributed by atoms with Crippen LogP contribution in [0.25, 0.3) is 11.1 Å². The van der Waals surface area contributed by atoms with Crippen LogP contribution in [0.4, 0.5) is 4.79 Å². The van der Waals surface area contributed by atoms with Gasteiger partial charge in [0, 0.05) is 24.5 Å². The second-order valence-corrected chi connectivity index (χ2v) is 9.97. The Morgan fingerprint density at radius 1 is 0.943 bits per heavy atom. The Kier molecular flexibility index (Phi) is 6.50. The van der Waals surface area contributed by atoms with Crippen molar-refractivity contribution in [2.75, 3.05) is 13.2 Å². The molecule has 7 heteroatoms. The number of nitrogens with zero attached hydrogens (tertiary/aromatic N) is 1. The first-order valence-electron chi connectivity index (χ1n) is 12.6. The summed E-state index contributed by atoms with van der Waals surface area (Å²) in [5.74, 6) is -1.80. The highest BCUT2D eigenvalue weighted by Crippen LogP contribution is 2.44. The molecule has 184 valence electrons. The number of carbonyl (C=O) groups is 3. The summed E-state index contributed by atoms with van der Waals surface area (Å²) >= 11 is 0. The van der Waals surface area contributed by atoms with Crippen molar-refractivity contribution in [3.8, 4) is 11.1 Å². The number of nitrogens with one attached hydrogen (secondary N) is 1. The van der Waals surface area contributed by atoms with E-state index in [1.165, 1.54) is 11.1 Å². The number of ether oxygens (including phenoxy) is 1. The van der Waals surface area contributed by atoms with E-state index in [-0.39, 0.29) is 36.4 Å². The normalized spacial score (nSPS) is 25.6. The minimum absolute atomic E-state index is 0.0173. The number of benzene rings is 2. The van der Waals surface area contributed by atoms with Gasteiger partial charge in [-0.2, -0.15) is 0 Å². The van der Waals surface area contributed by atoms with E-state index in [0.717, 1.165) is 17.5 Å². The Bertz CT molecular complexity index is 1090. The number of fused-ring (bicyclic) bond motifs is 3. The van der Waals surface area contributed by atoms with E-state index in [1.807, 2.05) is 31.2 Å². The number of carbonyl (C=O) groups excluding carboxylic acids is 2. The molecule has 2 unspecified atom stereocenters. The van der Waals surface area contributed by atoms with Gasteiger partial charge < -0.3 is 20.1 Å². The van der Waals surface area contributed by atoms with Crippen molar-refractivity contribution < 1.29 is 24.2 Å². The van der Waals surface area contributed by atoms with Gasteiger partial charge in [-0.1, -0.05) is 55.0 Å². The number of piperidine rings is 1. The topological polar surface area (TPSA) is 95.9 Å². The quantitative estimate of drug-likeness (QED) is 0.667. The zero-order valence-corrected chi connectivity index (χ0v) is 20.0. The predicted molar refractivity (Wildman–Crippen MR) is 131 cm³/mol. The highest BCUT2D eigenvalue weighted by Gasteiger charge is 2.42. The maximum atomic E-state index is 13.4. The molecule has 7 nitrogen and oxygen atoms in total. The van der Waals surface area contributed by atoms with Crippen molar-refractivity contribution >= 4 is 18.0 Å². The van der Waals surface area contributed by atoms with Gasteiger partial charge in [-0.15, -0.1) is 0 Å². The first-order chi connectivity index (χ1) is 17.0. The summed E-state index contributed by atoms with van der Waals surface area (Å²) in [4.78, 5) is 39.4. The van der Waals surface area contributed by atoms with Crippen LogP contribution in [0.2, 0.25) is 0 Å². The van der Waals surface area contributed by atoms with Gasteiger partial charge in [-0.25, -0.2) is 4.79 Å². The first kappa shape index (κ1) is 23.4. The third-order valence-corrected chi connectivity index (χ3v) is 8.07. The fraction of sp³-hybridized carbons (Fsp3) is 0.464. The molecule has 1 heterocycles. The van der Waals surface area contributed by atoms with Crippen LogP contribution in [-0.2, 0) is 14.3 Å². The summed E-state index contributed by atoms with van der Waals surface area (Å²) in [6.45, 7) is 2.62. The molecule has 4 atom stereocenters. The van der Waals surface area contributed by atoms with E-state index in [9.17, 15) is 19.5 Å². The molecule has 1 saturated carbocycles. The maximum Gasteiger partial charge on any atom is 0.407 e. The van der Waals surface area contributed by atoms with Crippen LogP contribution < -0.4 is 5.32 Å². The number of amides is 2. The molecule has 2 fully saturated rings. The smallest absolute Gasteiger partial charge is 0.407 e. The SMILES string of the molecule is CC1C(C(=O)O)CCCN1C(=O)[C@H]1CCC[C@H]1NC(=O)OCC1c2ccccc2-c2ccccc21. The third-order valence-electron chi connectivity index (χ3n) is 8.07. The van der Waals surface area contributed by atoms with Crippen molar-refractivity contribution in [3.05, 3.63) is 59.7 Å². The monoisotopic (exact) mass is 476 g/mol. The van der Waals surface area contributed by atoms with Crippen molar-refractivity contribution in [3.63, 3.8) is 0 Å². The Morgan fingerprint density at radius 2 is 1.57 bits per heavy atom. The first-order valence-corrected chi connectivity index (χ1v) is 12.6. The lowest BCUT2D eigenvalue weighted by atomic mass is 9.88. The van der Waals surface area contributed by atoms with Crippen LogP contribution in [0.15, 0.2) is 48.5 Å². The Morgan fingerprint density at radius 3 is 2.23 bits per heavy atom. The highest BCUT2D eigenvalue weighted by molar-refractivity contribution is 5.83. The van der Waals surface area contributed by atoms with Gasteiger partial charge in [0.25, 0.3) is 0 Å². The van der Waals surface area contributed by atoms with Crippen molar-refractivity contribution in [1.29, 1.82) is 0 Å². The molecule has 0 radical (unpaired) electrons. The fourth-order valence-corrected chi connectivity index (χ4v) is 6.22. The van der Waals surface area contributed by atoms with Crippen LogP contribution in [0.3, 0.4) is 0 Å². The number of hydrogen-bond acceptors (Lipinski definition) is 4. The molecular formula is C28H32N2O5. The lowest BCUT2D eigenvalue weighted by molar-refractivity contribution is -0.150. The van der Waals surface area contributed by atoms with E-state index >= 15 is 0 Å². The van der Waals surface area contributed by atoms with Crippen LogP contribution in [0, 0.1) is 11.8 Å². The average molecular weight is 477 g/mol. The van der Waals surface area contributed by atoms with E-state index in [0.29, 0.717) is 32.2 Å². The molecule has 5 rings (SSSR count). The molecule has 0 spiro atoms. The summed E-state index contributed by atoms with van der Waals surface area (Å²) in [5.41, 5.74) is 4.66. The molecule has 0 bridgehead atoms. The second kappa shape index (κ2) is 9.72. The third kappa shape index (κ3) is 4.40. The van der Waals surface area contributed by atoms with Gasteiger partial charge >= 0.3 is 12.1 Å². The molecule has 2 aromatic carbocycles. The molecule has 35 heavy (non-hydrogen) atoms. The second-order valence-electron chi connectivity index (χ2n) is 9.97. The molecule has 1 saturated heterocycles. The minimum atomic E-state index is -0.852. The van der Waals surface area contributed by atoms with E-state index in [4.69, 9.17) is 4.74 Å². The van der Waals surface area contributed by atoms with Crippen LogP contribution in [0.5, 0.6) is 0 Å². The lowest BCUT2D eigenvalue weighted by Crippen LogP contribution is -2.53. The summed E-state index contributed by atoms with van der Waals surface area (Å²) in [6.07, 6.45) is 3.01. The Hall–Kier alpha value is -3.35. The molecule has 2 aliphatic carbocycles. The zero-order chi connectivity index (χ0) is 24.5. The number of rotatable bonds is 5. The fourth-order valence-electron chi connectivity index (χ4n) is 6.22. The number of hydrogen-bond donors (Lipinski definition) is 2. The largest absolute Gasteiger partial charge is 0.481 e. The van der Waals surface area contributed by atoms with E-state index in [1.54, 1.807) is 4.90 Å². The zero-order valence-electron chi connectivity index (χ0n) is 20.0.